The average molecular weight is 327 g/mol. The molecule has 2 nitrogen and oxygen atoms in total. The predicted molar refractivity (Wildman–Crippen MR) is 93.4 cm³/mol. The first-order chi connectivity index (χ1) is 10.7. The highest BCUT2D eigenvalue weighted by molar-refractivity contribution is 7.84. The Bertz CT molecular complexity index is 737. The van der Waals surface area contributed by atoms with Crippen LogP contribution in [0.5, 0.6) is 0 Å². The Balaban J connectivity index is 1.95. The normalized spacial score (nSPS) is 13.7. The van der Waals surface area contributed by atoms with Crippen LogP contribution in [0.25, 0.3) is 0 Å². The maximum Gasteiger partial charge on any atom is 0.0850 e. The third-order valence-corrected chi connectivity index (χ3v) is 6.14. The molecule has 4 heteroatoms. The van der Waals surface area contributed by atoms with Gasteiger partial charge in [-0.1, -0.05) is 60.2 Å². The zero-order valence-electron chi connectivity index (χ0n) is 12.3. The molecule has 1 aromatic heterocycles. The lowest BCUT2D eigenvalue weighted by Gasteiger charge is -2.17. The largest absolute Gasteiger partial charge is 0.258 e. The minimum Gasteiger partial charge on any atom is -0.258 e. The molecule has 2 atom stereocenters. The highest BCUT2D eigenvalue weighted by Gasteiger charge is 2.21. The van der Waals surface area contributed by atoms with Gasteiger partial charge in [0.2, 0.25) is 0 Å². The molecular formula is C18H17NOS2. The second kappa shape index (κ2) is 6.99. The van der Waals surface area contributed by atoms with E-state index in [0.29, 0.717) is 5.75 Å². The molecule has 2 aromatic carbocycles. The van der Waals surface area contributed by atoms with Crippen molar-refractivity contribution in [2.24, 2.45) is 0 Å². The minimum atomic E-state index is -1.03. The van der Waals surface area contributed by atoms with E-state index in [-0.39, 0.29) is 5.25 Å². The molecule has 0 radical (unpaired) electrons. The molecule has 3 rings (SSSR count). The van der Waals surface area contributed by atoms with Gasteiger partial charge in [-0.25, -0.2) is 0 Å². The van der Waals surface area contributed by atoms with Crippen LogP contribution in [0.1, 0.15) is 26.8 Å². The Morgan fingerprint density at radius 1 is 1.05 bits per heavy atom. The van der Waals surface area contributed by atoms with E-state index in [1.807, 2.05) is 18.2 Å². The van der Waals surface area contributed by atoms with E-state index in [2.05, 4.69) is 48.3 Å². The Morgan fingerprint density at radius 3 is 2.36 bits per heavy atom. The number of thiazole rings is 1. The monoisotopic (exact) mass is 327 g/mol. The van der Waals surface area contributed by atoms with Crippen LogP contribution in [-0.2, 0) is 16.6 Å². The molecule has 0 aliphatic heterocycles. The molecule has 0 spiro atoms. The van der Waals surface area contributed by atoms with Crippen LogP contribution in [0.15, 0.2) is 66.3 Å². The lowest BCUT2D eigenvalue weighted by atomic mass is 10.0. The first-order valence-electron chi connectivity index (χ1n) is 7.10. The predicted octanol–water partition coefficient (Wildman–Crippen LogP) is 4.49. The summed E-state index contributed by atoms with van der Waals surface area (Å²) in [4.78, 5) is 5.14. The van der Waals surface area contributed by atoms with Crippen LogP contribution in [0.4, 0.5) is 0 Å². The van der Waals surface area contributed by atoms with Crippen molar-refractivity contribution in [2.75, 3.05) is 0 Å². The van der Waals surface area contributed by atoms with Crippen molar-refractivity contribution in [1.82, 2.24) is 4.98 Å². The molecule has 0 aliphatic carbocycles. The zero-order valence-corrected chi connectivity index (χ0v) is 13.9. The van der Waals surface area contributed by atoms with Gasteiger partial charge in [-0.05, 0) is 18.1 Å². The summed E-state index contributed by atoms with van der Waals surface area (Å²) in [6, 6.07) is 18.4. The summed E-state index contributed by atoms with van der Waals surface area (Å²) in [5.74, 6) is 0.540. The summed E-state index contributed by atoms with van der Waals surface area (Å²) in [6.45, 7) is 2.07. The van der Waals surface area contributed by atoms with Gasteiger partial charge in [0.25, 0.3) is 0 Å². The van der Waals surface area contributed by atoms with Gasteiger partial charge in [0, 0.05) is 21.9 Å². The van der Waals surface area contributed by atoms with Gasteiger partial charge in [0.15, 0.2) is 0 Å². The quantitative estimate of drug-likeness (QED) is 0.691. The third-order valence-electron chi connectivity index (χ3n) is 3.51. The number of rotatable bonds is 5. The van der Waals surface area contributed by atoms with Crippen molar-refractivity contribution in [3.63, 3.8) is 0 Å². The second-order valence-electron chi connectivity index (χ2n) is 5.19. The van der Waals surface area contributed by atoms with E-state index in [9.17, 15) is 4.21 Å². The van der Waals surface area contributed by atoms with Crippen LogP contribution in [0.2, 0.25) is 0 Å². The molecule has 22 heavy (non-hydrogen) atoms. The topological polar surface area (TPSA) is 30.0 Å². The molecule has 0 amide bonds. The van der Waals surface area contributed by atoms with Crippen molar-refractivity contribution in [3.8, 4) is 0 Å². The van der Waals surface area contributed by atoms with Crippen molar-refractivity contribution in [1.29, 1.82) is 0 Å². The van der Waals surface area contributed by atoms with E-state index in [4.69, 9.17) is 0 Å². The molecule has 112 valence electrons. The first kappa shape index (κ1) is 15.1. The SMILES string of the molecule is Cc1ccc([C@@H](c2ccccc2)[S@](=O)Cc2cncs2)cc1. The molecular weight excluding hydrogens is 310 g/mol. The maximum atomic E-state index is 13.0. The Kier molecular flexibility index (Phi) is 4.80. The van der Waals surface area contributed by atoms with Crippen LogP contribution < -0.4 is 0 Å². The van der Waals surface area contributed by atoms with E-state index < -0.39 is 10.8 Å². The molecule has 3 aromatic rings. The molecule has 1 heterocycles. The van der Waals surface area contributed by atoms with Gasteiger partial charge >= 0.3 is 0 Å². The van der Waals surface area contributed by atoms with E-state index in [0.717, 1.165) is 16.0 Å². The van der Waals surface area contributed by atoms with Crippen LogP contribution in [0.3, 0.4) is 0 Å². The van der Waals surface area contributed by atoms with Crippen LogP contribution in [0, 0.1) is 6.92 Å². The number of benzene rings is 2. The summed E-state index contributed by atoms with van der Waals surface area (Å²) in [7, 11) is -1.03. The Hall–Kier alpha value is -1.78. The molecule has 0 saturated heterocycles. The molecule has 0 saturated carbocycles. The number of aryl methyl sites for hydroxylation is 1. The highest BCUT2D eigenvalue weighted by Crippen LogP contribution is 2.30. The van der Waals surface area contributed by atoms with Gasteiger partial charge in [-0.2, -0.15) is 0 Å². The van der Waals surface area contributed by atoms with Crippen molar-refractivity contribution < 1.29 is 4.21 Å². The van der Waals surface area contributed by atoms with Gasteiger partial charge < -0.3 is 0 Å². The van der Waals surface area contributed by atoms with E-state index >= 15 is 0 Å². The lowest BCUT2D eigenvalue weighted by molar-refractivity contribution is 0.678. The van der Waals surface area contributed by atoms with Crippen molar-refractivity contribution in [2.45, 2.75) is 17.9 Å². The summed E-state index contributed by atoms with van der Waals surface area (Å²) in [5, 5.41) is -0.108. The van der Waals surface area contributed by atoms with Gasteiger partial charge in [0.05, 0.1) is 16.5 Å². The van der Waals surface area contributed by atoms with Gasteiger partial charge in [-0.3, -0.25) is 9.19 Å². The fraction of sp³-hybridized carbons (Fsp3) is 0.167. The Morgan fingerprint density at radius 2 is 1.73 bits per heavy atom. The molecule has 0 aliphatic rings. The first-order valence-corrected chi connectivity index (χ1v) is 9.36. The van der Waals surface area contributed by atoms with E-state index in [1.54, 1.807) is 23.0 Å². The molecule has 0 fully saturated rings. The van der Waals surface area contributed by atoms with Gasteiger partial charge in [-0.15, -0.1) is 11.3 Å². The molecule has 0 unspecified atom stereocenters. The number of aromatic nitrogens is 1. The smallest absolute Gasteiger partial charge is 0.0850 e. The van der Waals surface area contributed by atoms with Crippen molar-refractivity contribution in [3.05, 3.63) is 87.9 Å². The molecule has 0 bridgehead atoms. The van der Waals surface area contributed by atoms with Crippen molar-refractivity contribution >= 4 is 22.1 Å². The third kappa shape index (κ3) is 3.51. The van der Waals surface area contributed by atoms with E-state index in [1.165, 1.54) is 5.56 Å². The fourth-order valence-corrected chi connectivity index (χ4v) is 4.84. The zero-order chi connectivity index (χ0) is 15.4. The Labute approximate surface area is 137 Å². The lowest BCUT2D eigenvalue weighted by Crippen LogP contribution is -2.10. The summed E-state index contributed by atoms with van der Waals surface area (Å²) in [6.07, 6.45) is 1.81. The summed E-state index contributed by atoms with van der Waals surface area (Å²) >= 11 is 1.56. The minimum absolute atomic E-state index is 0.108. The number of hydrogen-bond acceptors (Lipinski definition) is 3. The highest BCUT2D eigenvalue weighted by atomic mass is 32.2. The second-order valence-corrected chi connectivity index (χ2v) is 7.69. The summed E-state index contributed by atoms with van der Waals surface area (Å²) in [5.41, 5.74) is 5.19. The van der Waals surface area contributed by atoms with Gasteiger partial charge in [0.1, 0.15) is 0 Å². The molecule has 0 N–H and O–H groups in total. The summed E-state index contributed by atoms with van der Waals surface area (Å²) < 4.78 is 13.0. The van der Waals surface area contributed by atoms with Crippen LogP contribution >= 0.6 is 11.3 Å². The maximum absolute atomic E-state index is 13.0. The average Bonchev–Trinajstić information content (AvgIpc) is 3.03. The fourth-order valence-electron chi connectivity index (χ4n) is 2.40. The number of nitrogens with zero attached hydrogens (tertiary/aromatic N) is 1. The number of hydrogen-bond donors (Lipinski definition) is 0. The van der Waals surface area contributed by atoms with Crippen LogP contribution in [-0.4, -0.2) is 9.19 Å². The standard InChI is InChI=1S/C18H17NOS2/c1-14-7-9-16(10-8-14)18(15-5-3-2-4-6-15)22(20)12-17-11-19-13-21-17/h2-11,13,18H,12H2,1H3/t18-,22-/m1/s1.